The Morgan fingerprint density at radius 2 is 2.00 bits per heavy atom. The quantitative estimate of drug-likeness (QED) is 0.898. The van der Waals surface area contributed by atoms with E-state index in [-0.39, 0.29) is 6.54 Å². The fourth-order valence-corrected chi connectivity index (χ4v) is 1.49. The molecule has 0 aliphatic carbocycles. The summed E-state index contributed by atoms with van der Waals surface area (Å²) in [5, 5.41) is 2.82. The number of nitrogen functional groups attached to an aromatic ring is 1. The first kappa shape index (κ1) is 13.1. The maximum Gasteiger partial charge on any atom is 0.416 e. The SMILES string of the molecule is Nc1ccnc(CNc2cccc(C(F)(F)F)c2)n1. The van der Waals surface area contributed by atoms with Gasteiger partial charge >= 0.3 is 6.18 Å². The molecule has 4 nitrogen and oxygen atoms in total. The molecule has 1 aromatic heterocycles. The Bertz CT molecular complexity index is 569. The zero-order chi connectivity index (χ0) is 13.9. The van der Waals surface area contributed by atoms with Crippen LogP contribution in [0.1, 0.15) is 11.4 Å². The number of halogens is 3. The number of anilines is 2. The molecule has 1 aromatic carbocycles. The summed E-state index contributed by atoms with van der Waals surface area (Å²) in [7, 11) is 0. The molecule has 100 valence electrons. The molecular formula is C12H11F3N4. The minimum atomic E-state index is -4.36. The first-order chi connectivity index (χ1) is 8.95. The van der Waals surface area contributed by atoms with Gasteiger partial charge in [-0.1, -0.05) is 6.07 Å². The van der Waals surface area contributed by atoms with Gasteiger partial charge in [0, 0.05) is 11.9 Å². The maximum atomic E-state index is 12.5. The summed E-state index contributed by atoms with van der Waals surface area (Å²) in [6.07, 6.45) is -2.86. The zero-order valence-corrected chi connectivity index (χ0v) is 9.78. The van der Waals surface area contributed by atoms with E-state index in [0.29, 0.717) is 17.3 Å². The third-order valence-electron chi connectivity index (χ3n) is 2.37. The van der Waals surface area contributed by atoms with Gasteiger partial charge in [-0.2, -0.15) is 13.2 Å². The van der Waals surface area contributed by atoms with E-state index in [1.54, 1.807) is 6.07 Å². The van der Waals surface area contributed by atoms with Gasteiger partial charge in [-0.3, -0.25) is 0 Å². The van der Waals surface area contributed by atoms with Crippen molar-refractivity contribution in [1.82, 2.24) is 9.97 Å². The van der Waals surface area contributed by atoms with E-state index in [2.05, 4.69) is 15.3 Å². The number of alkyl halides is 3. The van der Waals surface area contributed by atoms with Crippen LogP contribution in [0.5, 0.6) is 0 Å². The third-order valence-corrected chi connectivity index (χ3v) is 2.37. The average molecular weight is 268 g/mol. The molecule has 19 heavy (non-hydrogen) atoms. The van der Waals surface area contributed by atoms with Crippen LogP contribution in [0.3, 0.4) is 0 Å². The summed E-state index contributed by atoms with van der Waals surface area (Å²) in [5.41, 5.74) is 5.13. The van der Waals surface area contributed by atoms with Crippen molar-refractivity contribution < 1.29 is 13.2 Å². The second-order valence-electron chi connectivity index (χ2n) is 3.83. The van der Waals surface area contributed by atoms with Gasteiger partial charge in [-0.15, -0.1) is 0 Å². The van der Waals surface area contributed by atoms with Crippen molar-refractivity contribution in [3.63, 3.8) is 0 Å². The summed E-state index contributed by atoms with van der Waals surface area (Å²) >= 11 is 0. The first-order valence-corrected chi connectivity index (χ1v) is 5.44. The van der Waals surface area contributed by atoms with Crippen molar-refractivity contribution in [3.8, 4) is 0 Å². The minimum Gasteiger partial charge on any atom is -0.384 e. The summed E-state index contributed by atoms with van der Waals surface area (Å²) in [6, 6.07) is 6.47. The monoisotopic (exact) mass is 268 g/mol. The van der Waals surface area contributed by atoms with Crippen LogP contribution in [0.25, 0.3) is 0 Å². The van der Waals surface area contributed by atoms with Crippen LogP contribution >= 0.6 is 0 Å². The van der Waals surface area contributed by atoms with Gasteiger partial charge in [0.2, 0.25) is 0 Å². The van der Waals surface area contributed by atoms with Crippen LogP contribution < -0.4 is 11.1 Å². The molecule has 2 aromatic rings. The number of hydrogen-bond acceptors (Lipinski definition) is 4. The first-order valence-electron chi connectivity index (χ1n) is 5.44. The number of hydrogen-bond donors (Lipinski definition) is 2. The number of nitrogens with zero attached hydrogens (tertiary/aromatic N) is 2. The Balaban J connectivity index is 2.08. The molecule has 0 fully saturated rings. The van der Waals surface area contributed by atoms with E-state index in [4.69, 9.17) is 5.73 Å². The maximum absolute atomic E-state index is 12.5. The van der Waals surface area contributed by atoms with Gasteiger partial charge in [0.05, 0.1) is 12.1 Å². The smallest absolute Gasteiger partial charge is 0.384 e. The molecule has 1 heterocycles. The van der Waals surface area contributed by atoms with Gasteiger partial charge in [-0.05, 0) is 24.3 Å². The van der Waals surface area contributed by atoms with Crippen molar-refractivity contribution in [2.24, 2.45) is 0 Å². The van der Waals surface area contributed by atoms with Crippen LogP contribution in [0, 0.1) is 0 Å². The molecule has 2 rings (SSSR count). The summed E-state index contributed by atoms with van der Waals surface area (Å²) in [6.45, 7) is 0.201. The van der Waals surface area contributed by atoms with Crippen LogP contribution in [-0.4, -0.2) is 9.97 Å². The summed E-state index contributed by atoms with van der Waals surface area (Å²) in [5.74, 6) is 0.730. The number of nitrogens with two attached hydrogens (primary N) is 1. The Morgan fingerprint density at radius 3 is 2.68 bits per heavy atom. The van der Waals surface area contributed by atoms with Crippen molar-refractivity contribution >= 4 is 11.5 Å². The molecular weight excluding hydrogens is 257 g/mol. The Hall–Kier alpha value is -2.31. The van der Waals surface area contributed by atoms with Crippen LogP contribution in [0.15, 0.2) is 36.5 Å². The lowest BCUT2D eigenvalue weighted by Crippen LogP contribution is -2.08. The van der Waals surface area contributed by atoms with Crippen molar-refractivity contribution in [1.29, 1.82) is 0 Å². The number of aromatic nitrogens is 2. The highest BCUT2D eigenvalue weighted by Crippen LogP contribution is 2.30. The molecule has 3 N–H and O–H groups in total. The van der Waals surface area contributed by atoms with Crippen molar-refractivity contribution in [3.05, 3.63) is 47.9 Å². The second-order valence-corrected chi connectivity index (χ2v) is 3.83. The lowest BCUT2D eigenvalue weighted by molar-refractivity contribution is -0.137. The third kappa shape index (κ3) is 3.57. The summed E-state index contributed by atoms with van der Waals surface area (Å²) in [4.78, 5) is 7.89. The van der Waals surface area contributed by atoms with E-state index >= 15 is 0 Å². The van der Waals surface area contributed by atoms with Crippen LogP contribution in [0.2, 0.25) is 0 Å². The van der Waals surface area contributed by atoms with Crippen molar-refractivity contribution in [2.45, 2.75) is 12.7 Å². The predicted octanol–water partition coefficient (Wildman–Crippen LogP) is 2.69. The molecule has 0 radical (unpaired) electrons. The van der Waals surface area contributed by atoms with E-state index in [0.717, 1.165) is 12.1 Å². The highest BCUT2D eigenvalue weighted by molar-refractivity contribution is 5.46. The molecule has 0 unspecified atom stereocenters. The highest BCUT2D eigenvalue weighted by atomic mass is 19.4. The standard InChI is InChI=1S/C12H11F3N4/c13-12(14,15)8-2-1-3-9(6-8)18-7-11-17-5-4-10(16)19-11/h1-6,18H,7H2,(H2,16,17,19). The predicted molar refractivity (Wildman–Crippen MR) is 65.2 cm³/mol. The normalized spacial score (nSPS) is 11.3. The van der Waals surface area contributed by atoms with Gasteiger partial charge in [0.15, 0.2) is 0 Å². The molecule has 0 aliphatic heterocycles. The fraction of sp³-hybridized carbons (Fsp3) is 0.167. The molecule has 0 aliphatic rings. The Kier molecular flexibility index (Phi) is 3.55. The second kappa shape index (κ2) is 5.13. The Morgan fingerprint density at radius 1 is 1.21 bits per heavy atom. The van der Waals surface area contributed by atoms with Crippen LogP contribution in [0.4, 0.5) is 24.7 Å². The van der Waals surface area contributed by atoms with Gasteiger partial charge < -0.3 is 11.1 Å². The van der Waals surface area contributed by atoms with Crippen molar-refractivity contribution in [2.75, 3.05) is 11.1 Å². The minimum absolute atomic E-state index is 0.201. The van der Waals surface area contributed by atoms with Gasteiger partial charge in [0.1, 0.15) is 11.6 Å². The largest absolute Gasteiger partial charge is 0.416 e. The van der Waals surface area contributed by atoms with Crippen LogP contribution in [-0.2, 0) is 12.7 Å². The molecule has 0 saturated heterocycles. The Labute approximate surface area is 107 Å². The molecule has 0 atom stereocenters. The highest BCUT2D eigenvalue weighted by Gasteiger charge is 2.30. The fourth-order valence-electron chi connectivity index (χ4n) is 1.49. The summed E-state index contributed by atoms with van der Waals surface area (Å²) < 4.78 is 37.5. The molecule has 0 saturated carbocycles. The topological polar surface area (TPSA) is 63.8 Å². The van der Waals surface area contributed by atoms with E-state index < -0.39 is 11.7 Å². The van der Waals surface area contributed by atoms with Gasteiger partial charge in [-0.25, -0.2) is 9.97 Å². The van der Waals surface area contributed by atoms with E-state index in [1.807, 2.05) is 0 Å². The lowest BCUT2D eigenvalue weighted by Gasteiger charge is -2.10. The molecule has 0 amide bonds. The lowest BCUT2D eigenvalue weighted by atomic mass is 10.2. The number of rotatable bonds is 3. The van der Waals surface area contributed by atoms with E-state index in [9.17, 15) is 13.2 Å². The number of benzene rings is 1. The van der Waals surface area contributed by atoms with Gasteiger partial charge in [0.25, 0.3) is 0 Å². The number of nitrogens with one attached hydrogen (secondary N) is 1. The molecule has 0 bridgehead atoms. The van der Waals surface area contributed by atoms with E-state index in [1.165, 1.54) is 18.3 Å². The zero-order valence-electron chi connectivity index (χ0n) is 9.78. The molecule has 7 heteroatoms. The average Bonchev–Trinajstić information content (AvgIpc) is 2.36. The molecule has 0 spiro atoms.